The lowest BCUT2D eigenvalue weighted by molar-refractivity contribution is 0.0500. The van der Waals surface area contributed by atoms with Gasteiger partial charge in [-0.25, -0.2) is 0 Å². The smallest absolute Gasteiger partial charge is 0.165 e. The van der Waals surface area contributed by atoms with Crippen molar-refractivity contribution in [1.29, 1.82) is 0 Å². The number of benzene rings is 1. The van der Waals surface area contributed by atoms with E-state index < -0.39 is 0 Å². The van der Waals surface area contributed by atoms with Crippen molar-refractivity contribution in [2.75, 3.05) is 27.8 Å². The van der Waals surface area contributed by atoms with Crippen LogP contribution < -0.4 is 9.47 Å². The van der Waals surface area contributed by atoms with Crippen LogP contribution >= 0.6 is 0 Å². The van der Waals surface area contributed by atoms with Crippen molar-refractivity contribution in [2.24, 2.45) is 5.92 Å². The van der Waals surface area contributed by atoms with Crippen molar-refractivity contribution >= 4 is 0 Å². The van der Waals surface area contributed by atoms with Crippen LogP contribution in [-0.4, -0.2) is 43.9 Å². The number of methoxy groups -OCH3 is 2. The molecular weight excluding hydrogens is 266 g/mol. The van der Waals surface area contributed by atoms with Gasteiger partial charge in [0.1, 0.15) is 0 Å². The highest BCUT2D eigenvalue weighted by atomic mass is 16.5. The summed E-state index contributed by atoms with van der Waals surface area (Å²) in [6.45, 7) is 1.71. The van der Waals surface area contributed by atoms with Gasteiger partial charge in [0.25, 0.3) is 0 Å². The Bertz CT molecular complexity index is 450. The molecule has 1 aromatic carbocycles. The van der Waals surface area contributed by atoms with Gasteiger partial charge < -0.3 is 19.5 Å². The van der Waals surface area contributed by atoms with Crippen molar-refractivity contribution in [3.63, 3.8) is 0 Å². The maximum atomic E-state index is 10.1. The quantitative estimate of drug-likeness (QED) is 0.875. The van der Waals surface area contributed by atoms with Crippen molar-refractivity contribution in [3.8, 4) is 11.5 Å². The molecule has 0 bridgehead atoms. The van der Waals surface area contributed by atoms with Gasteiger partial charge >= 0.3 is 0 Å². The van der Waals surface area contributed by atoms with E-state index in [4.69, 9.17) is 9.47 Å². The third kappa shape index (κ3) is 4.11. The summed E-state index contributed by atoms with van der Waals surface area (Å²) in [5, 5.41) is 10.1. The fourth-order valence-corrected chi connectivity index (χ4v) is 3.23. The highest BCUT2D eigenvalue weighted by Gasteiger charge is 2.24. The number of aliphatic hydroxyl groups is 1. The maximum Gasteiger partial charge on any atom is 0.165 e. The van der Waals surface area contributed by atoms with Gasteiger partial charge in [0.2, 0.25) is 0 Å². The molecule has 0 aliphatic heterocycles. The highest BCUT2D eigenvalue weighted by molar-refractivity contribution is 5.46. The van der Waals surface area contributed by atoms with Gasteiger partial charge in [0.15, 0.2) is 11.5 Å². The topological polar surface area (TPSA) is 41.9 Å². The van der Waals surface area contributed by atoms with Crippen LogP contribution in [0.1, 0.15) is 31.2 Å². The summed E-state index contributed by atoms with van der Waals surface area (Å²) in [5.41, 5.74) is 1.12. The number of hydrogen-bond acceptors (Lipinski definition) is 4. The Labute approximate surface area is 127 Å². The Morgan fingerprint density at radius 2 is 1.95 bits per heavy atom. The summed E-state index contributed by atoms with van der Waals surface area (Å²) >= 11 is 0. The van der Waals surface area contributed by atoms with Crippen LogP contribution in [0.2, 0.25) is 0 Å². The summed E-state index contributed by atoms with van der Waals surface area (Å²) in [6, 6.07) is 5.96. The minimum atomic E-state index is -0.145. The van der Waals surface area contributed by atoms with Crippen LogP contribution in [0.15, 0.2) is 18.2 Å². The van der Waals surface area contributed by atoms with E-state index >= 15 is 0 Å². The first-order valence-electron chi connectivity index (χ1n) is 7.72. The fraction of sp³-hybridized carbons (Fsp3) is 0.647. The second kappa shape index (κ2) is 7.66. The molecular formula is C17H27NO3. The van der Waals surface area contributed by atoms with Gasteiger partial charge in [-0.15, -0.1) is 0 Å². The lowest BCUT2D eigenvalue weighted by Gasteiger charge is -2.31. The van der Waals surface area contributed by atoms with E-state index in [-0.39, 0.29) is 6.10 Å². The third-order valence-electron chi connectivity index (χ3n) is 4.34. The summed E-state index contributed by atoms with van der Waals surface area (Å²) in [7, 11) is 5.43. The zero-order valence-corrected chi connectivity index (χ0v) is 13.3. The van der Waals surface area contributed by atoms with E-state index in [1.165, 1.54) is 6.42 Å². The van der Waals surface area contributed by atoms with E-state index in [0.29, 0.717) is 5.92 Å². The Balaban J connectivity index is 2.00. The molecule has 1 N–H and O–H groups in total. The van der Waals surface area contributed by atoms with Gasteiger partial charge in [0.05, 0.1) is 20.3 Å². The first-order valence-corrected chi connectivity index (χ1v) is 7.72. The van der Waals surface area contributed by atoms with E-state index in [0.717, 1.165) is 49.4 Å². The van der Waals surface area contributed by atoms with Gasteiger partial charge in [-0.3, -0.25) is 0 Å². The molecule has 2 rings (SSSR count). The zero-order valence-electron chi connectivity index (χ0n) is 13.3. The third-order valence-corrected chi connectivity index (χ3v) is 4.34. The monoisotopic (exact) mass is 293 g/mol. The molecule has 21 heavy (non-hydrogen) atoms. The summed E-state index contributed by atoms with van der Waals surface area (Å²) in [6.07, 6.45) is 4.32. The molecule has 1 aliphatic carbocycles. The molecule has 0 spiro atoms. The number of ether oxygens (including phenoxy) is 2. The largest absolute Gasteiger partial charge is 0.493 e. The van der Waals surface area contributed by atoms with Crippen molar-refractivity contribution in [2.45, 2.75) is 38.3 Å². The summed E-state index contributed by atoms with van der Waals surface area (Å²) < 4.78 is 10.8. The lowest BCUT2D eigenvalue weighted by atomic mass is 9.86. The van der Waals surface area contributed by atoms with E-state index in [9.17, 15) is 5.11 Å². The van der Waals surface area contributed by atoms with Gasteiger partial charge in [-0.1, -0.05) is 25.0 Å². The van der Waals surface area contributed by atoms with Gasteiger partial charge in [-0.05, 0) is 31.9 Å². The minimum absolute atomic E-state index is 0.145. The summed E-state index contributed by atoms with van der Waals surface area (Å²) in [5.74, 6) is 1.96. The highest BCUT2D eigenvalue weighted by Crippen LogP contribution is 2.32. The molecule has 0 heterocycles. The number of aliphatic hydroxyl groups excluding tert-OH is 1. The number of para-hydroxylation sites is 1. The van der Waals surface area contributed by atoms with Crippen LogP contribution in [0.3, 0.4) is 0 Å². The molecule has 1 aromatic rings. The van der Waals surface area contributed by atoms with Crippen molar-refractivity contribution in [3.05, 3.63) is 23.8 Å². The SMILES string of the molecule is COc1cccc(CN(C)CC2CCCCC2O)c1OC. The first-order chi connectivity index (χ1) is 10.2. The predicted molar refractivity (Wildman–Crippen MR) is 83.8 cm³/mol. The van der Waals surface area contributed by atoms with E-state index in [2.05, 4.69) is 18.0 Å². The van der Waals surface area contributed by atoms with Crippen LogP contribution in [0.4, 0.5) is 0 Å². The van der Waals surface area contributed by atoms with Crippen molar-refractivity contribution in [1.82, 2.24) is 4.90 Å². The molecule has 118 valence electrons. The molecule has 1 aliphatic rings. The Morgan fingerprint density at radius 1 is 1.19 bits per heavy atom. The Morgan fingerprint density at radius 3 is 2.62 bits per heavy atom. The fourth-order valence-electron chi connectivity index (χ4n) is 3.23. The molecule has 2 atom stereocenters. The molecule has 4 nitrogen and oxygen atoms in total. The molecule has 0 amide bonds. The van der Waals surface area contributed by atoms with E-state index in [1.807, 2.05) is 12.1 Å². The van der Waals surface area contributed by atoms with Crippen LogP contribution in [0.5, 0.6) is 11.5 Å². The second-order valence-electron chi connectivity index (χ2n) is 5.96. The Hall–Kier alpha value is -1.26. The Kier molecular flexibility index (Phi) is 5.88. The maximum absolute atomic E-state index is 10.1. The van der Waals surface area contributed by atoms with Crippen LogP contribution in [0.25, 0.3) is 0 Å². The van der Waals surface area contributed by atoms with Crippen LogP contribution in [-0.2, 0) is 6.54 Å². The molecule has 0 saturated heterocycles. The average molecular weight is 293 g/mol. The number of rotatable bonds is 6. The number of hydrogen-bond donors (Lipinski definition) is 1. The van der Waals surface area contributed by atoms with Gasteiger partial charge in [-0.2, -0.15) is 0 Å². The molecule has 2 unspecified atom stereocenters. The van der Waals surface area contributed by atoms with Gasteiger partial charge in [0, 0.05) is 18.7 Å². The van der Waals surface area contributed by atoms with Crippen molar-refractivity contribution < 1.29 is 14.6 Å². The lowest BCUT2D eigenvalue weighted by Crippen LogP contribution is -2.34. The second-order valence-corrected chi connectivity index (χ2v) is 5.96. The average Bonchev–Trinajstić information content (AvgIpc) is 2.49. The minimum Gasteiger partial charge on any atom is -0.493 e. The van der Waals surface area contributed by atoms with E-state index in [1.54, 1.807) is 14.2 Å². The molecule has 4 heteroatoms. The van der Waals surface area contributed by atoms with Crippen LogP contribution in [0, 0.1) is 5.92 Å². The molecule has 1 fully saturated rings. The number of nitrogens with zero attached hydrogens (tertiary/aromatic N) is 1. The molecule has 0 aromatic heterocycles. The standard InChI is InChI=1S/C17H27NO3/c1-18(11-13-7-4-5-9-15(13)19)12-14-8-6-10-16(20-2)17(14)21-3/h6,8,10,13,15,19H,4-5,7,9,11-12H2,1-3H3. The zero-order chi connectivity index (χ0) is 15.2. The normalized spacial score (nSPS) is 22.3. The predicted octanol–water partition coefficient (Wildman–Crippen LogP) is 2.69. The summed E-state index contributed by atoms with van der Waals surface area (Å²) in [4.78, 5) is 2.26. The first kappa shape index (κ1) is 16.1. The molecule has 0 radical (unpaired) electrons. The molecule has 1 saturated carbocycles.